The van der Waals surface area contributed by atoms with Gasteiger partial charge in [0.05, 0.1) is 25.5 Å². The van der Waals surface area contributed by atoms with Crippen LogP contribution in [0.2, 0.25) is 0 Å². The van der Waals surface area contributed by atoms with Gasteiger partial charge in [0.2, 0.25) is 5.91 Å². The molecule has 26 heavy (non-hydrogen) atoms. The van der Waals surface area contributed by atoms with Crippen molar-refractivity contribution in [1.82, 2.24) is 14.9 Å². The Kier molecular flexibility index (Phi) is 6.46. The van der Waals surface area contributed by atoms with Gasteiger partial charge in [-0.1, -0.05) is 26.7 Å². The third-order valence-electron chi connectivity index (χ3n) is 5.52. The Labute approximate surface area is 156 Å². The maximum absolute atomic E-state index is 13.1. The van der Waals surface area contributed by atoms with E-state index in [4.69, 9.17) is 9.72 Å². The van der Waals surface area contributed by atoms with Gasteiger partial charge in [-0.15, -0.1) is 0 Å². The summed E-state index contributed by atoms with van der Waals surface area (Å²) in [7, 11) is 0. The number of unbranched alkanes of at least 4 members (excludes halogenated alkanes) is 1. The van der Waals surface area contributed by atoms with Crippen molar-refractivity contribution in [2.75, 3.05) is 37.7 Å². The third kappa shape index (κ3) is 4.17. The van der Waals surface area contributed by atoms with Crippen molar-refractivity contribution in [3.05, 3.63) is 17.1 Å². The predicted octanol–water partition coefficient (Wildman–Crippen LogP) is 2.72. The monoisotopic (exact) mass is 360 g/mol. The molecule has 2 aliphatic rings. The highest BCUT2D eigenvalue weighted by atomic mass is 16.5. The zero-order valence-electron chi connectivity index (χ0n) is 16.5. The molecule has 3 heterocycles. The molecule has 1 fully saturated rings. The molecule has 1 atom stereocenters. The van der Waals surface area contributed by atoms with Crippen molar-refractivity contribution in [2.24, 2.45) is 5.92 Å². The van der Waals surface area contributed by atoms with Gasteiger partial charge in [-0.2, -0.15) is 0 Å². The summed E-state index contributed by atoms with van der Waals surface area (Å²) in [4.78, 5) is 26.8. The lowest BCUT2D eigenvalue weighted by Crippen LogP contribution is -2.42. The minimum Gasteiger partial charge on any atom is -0.378 e. The number of morpholine rings is 1. The number of aromatic nitrogens is 2. The first-order valence-electron chi connectivity index (χ1n) is 10.1. The molecule has 0 bridgehead atoms. The molecule has 0 radical (unpaired) electrons. The van der Waals surface area contributed by atoms with E-state index in [0.29, 0.717) is 12.5 Å². The van der Waals surface area contributed by atoms with Gasteiger partial charge in [-0.05, 0) is 19.8 Å². The topological polar surface area (TPSA) is 58.6 Å². The molecule has 6 heteroatoms. The van der Waals surface area contributed by atoms with E-state index < -0.39 is 0 Å². The Balaban J connectivity index is 1.81. The Hall–Kier alpha value is -1.69. The number of anilines is 1. The molecular weight excluding hydrogens is 328 g/mol. The number of carbonyl (C=O) groups is 1. The fourth-order valence-corrected chi connectivity index (χ4v) is 3.95. The lowest BCUT2D eigenvalue weighted by atomic mass is 9.96. The van der Waals surface area contributed by atoms with Gasteiger partial charge >= 0.3 is 0 Å². The maximum Gasteiger partial charge on any atom is 0.225 e. The van der Waals surface area contributed by atoms with Crippen molar-refractivity contribution < 1.29 is 9.53 Å². The van der Waals surface area contributed by atoms with Crippen LogP contribution in [0.3, 0.4) is 0 Å². The van der Waals surface area contributed by atoms with E-state index in [1.165, 1.54) is 0 Å². The van der Waals surface area contributed by atoms with Gasteiger partial charge in [-0.3, -0.25) is 4.79 Å². The number of amides is 1. The molecule has 0 spiro atoms. The lowest BCUT2D eigenvalue weighted by Gasteiger charge is -2.35. The first-order valence-corrected chi connectivity index (χ1v) is 10.1. The van der Waals surface area contributed by atoms with E-state index in [-0.39, 0.29) is 5.92 Å². The van der Waals surface area contributed by atoms with Gasteiger partial charge in [-0.25, -0.2) is 9.97 Å². The molecule has 1 saturated heterocycles. The molecule has 1 aromatic heterocycles. The number of rotatable bonds is 6. The SMILES string of the molecule is CCCC[C@@H](CC)C(=O)N1CCc2nc(C)nc(N3CCOCC3)c2C1. The van der Waals surface area contributed by atoms with Crippen LogP contribution >= 0.6 is 0 Å². The molecular formula is C20H32N4O2. The number of carbonyl (C=O) groups excluding carboxylic acids is 1. The average Bonchev–Trinajstić information content (AvgIpc) is 2.68. The van der Waals surface area contributed by atoms with E-state index in [1.807, 2.05) is 11.8 Å². The molecule has 1 amide bonds. The van der Waals surface area contributed by atoms with Crippen molar-refractivity contribution in [1.29, 1.82) is 0 Å². The van der Waals surface area contributed by atoms with Crippen LogP contribution in [-0.2, 0) is 22.5 Å². The fourth-order valence-electron chi connectivity index (χ4n) is 3.95. The minimum atomic E-state index is 0.148. The Morgan fingerprint density at radius 1 is 1.19 bits per heavy atom. The second-order valence-corrected chi connectivity index (χ2v) is 7.38. The van der Waals surface area contributed by atoms with Crippen molar-refractivity contribution in [3.8, 4) is 0 Å². The first kappa shape index (κ1) is 19.1. The summed E-state index contributed by atoms with van der Waals surface area (Å²) < 4.78 is 5.49. The van der Waals surface area contributed by atoms with Gasteiger partial charge in [0.1, 0.15) is 11.6 Å². The van der Waals surface area contributed by atoms with Crippen molar-refractivity contribution in [3.63, 3.8) is 0 Å². The number of hydrogen-bond acceptors (Lipinski definition) is 5. The van der Waals surface area contributed by atoms with E-state index in [1.54, 1.807) is 0 Å². The van der Waals surface area contributed by atoms with Crippen LogP contribution in [0.25, 0.3) is 0 Å². The smallest absolute Gasteiger partial charge is 0.225 e. The van der Waals surface area contributed by atoms with Gasteiger partial charge < -0.3 is 14.5 Å². The van der Waals surface area contributed by atoms with Crippen LogP contribution in [-0.4, -0.2) is 53.6 Å². The zero-order valence-corrected chi connectivity index (χ0v) is 16.5. The van der Waals surface area contributed by atoms with Crippen LogP contribution < -0.4 is 4.90 Å². The summed E-state index contributed by atoms with van der Waals surface area (Å²) >= 11 is 0. The number of ether oxygens (including phenoxy) is 1. The van der Waals surface area contributed by atoms with Crippen LogP contribution in [0.15, 0.2) is 0 Å². The highest BCUT2D eigenvalue weighted by Crippen LogP contribution is 2.29. The number of aryl methyl sites for hydroxylation is 1. The van der Waals surface area contributed by atoms with Crippen LogP contribution in [0.5, 0.6) is 0 Å². The Morgan fingerprint density at radius 2 is 1.96 bits per heavy atom. The highest BCUT2D eigenvalue weighted by Gasteiger charge is 2.30. The molecule has 0 aliphatic carbocycles. The average molecular weight is 361 g/mol. The Morgan fingerprint density at radius 3 is 2.65 bits per heavy atom. The van der Waals surface area contributed by atoms with Gasteiger partial charge in [0, 0.05) is 37.5 Å². The van der Waals surface area contributed by atoms with Crippen LogP contribution in [0.4, 0.5) is 5.82 Å². The molecule has 6 nitrogen and oxygen atoms in total. The third-order valence-corrected chi connectivity index (χ3v) is 5.52. The Bertz CT molecular complexity index is 628. The summed E-state index contributed by atoms with van der Waals surface area (Å²) in [5.41, 5.74) is 2.26. The molecule has 2 aliphatic heterocycles. The number of hydrogen-bond donors (Lipinski definition) is 0. The van der Waals surface area contributed by atoms with E-state index in [2.05, 4.69) is 23.7 Å². The summed E-state index contributed by atoms with van der Waals surface area (Å²) in [6, 6.07) is 0. The van der Waals surface area contributed by atoms with E-state index in [9.17, 15) is 4.79 Å². The standard InChI is InChI=1S/C20H32N4O2/c1-4-6-7-16(5-2)20(25)24-9-8-18-17(14-24)19(22-15(3)21-18)23-10-12-26-13-11-23/h16H,4-14H2,1-3H3/t16-/m1/s1. The quantitative estimate of drug-likeness (QED) is 0.781. The molecule has 1 aromatic rings. The van der Waals surface area contributed by atoms with E-state index >= 15 is 0 Å². The summed E-state index contributed by atoms with van der Waals surface area (Å²) in [5, 5.41) is 0. The van der Waals surface area contributed by atoms with Gasteiger partial charge in [0.25, 0.3) is 0 Å². The van der Waals surface area contributed by atoms with Crippen LogP contribution in [0, 0.1) is 12.8 Å². The maximum atomic E-state index is 13.1. The van der Waals surface area contributed by atoms with E-state index in [0.717, 1.165) is 87.9 Å². The highest BCUT2D eigenvalue weighted by molar-refractivity contribution is 5.79. The second kappa shape index (κ2) is 8.80. The molecule has 144 valence electrons. The van der Waals surface area contributed by atoms with Crippen LogP contribution in [0.1, 0.15) is 56.6 Å². The lowest BCUT2D eigenvalue weighted by molar-refractivity contribution is -0.136. The fraction of sp³-hybridized carbons (Fsp3) is 0.750. The number of nitrogens with zero attached hydrogens (tertiary/aromatic N) is 4. The first-order chi connectivity index (χ1) is 12.6. The summed E-state index contributed by atoms with van der Waals surface area (Å²) in [6.45, 7) is 10.8. The molecule has 0 N–H and O–H groups in total. The van der Waals surface area contributed by atoms with Crippen molar-refractivity contribution in [2.45, 2.75) is 59.4 Å². The molecule has 3 rings (SSSR count). The minimum absolute atomic E-state index is 0.148. The molecule has 0 unspecified atom stereocenters. The second-order valence-electron chi connectivity index (χ2n) is 7.38. The molecule has 0 aromatic carbocycles. The van der Waals surface area contributed by atoms with Crippen molar-refractivity contribution >= 4 is 11.7 Å². The zero-order chi connectivity index (χ0) is 18.5. The summed E-state index contributed by atoms with van der Waals surface area (Å²) in [5.74, 6) is 2.28. The molecule has 0 saturated carbocycles. The number of fused-ring (bicyclic) bond motifs is 1. The normalized spacial score (nSPS) is 18.6. The predicted molar refractivity (Wildman–Crippen MR) is 102 cm³/mol. The van der Waals surface area contributed by atoms with Gasteiger partial charge in [0.15, 0.2) is 0 Å². The largest absolute Gasteiger partial charge is 0.378 e. The summed E-state index contributed by atoms with van der Waals surface area (Å²) in [6.07, 6.45) is 5.00.